The molecule has 0 aliphatic rings. The Labute approximate surface area is 120 Å². The van der Waals surface area contributed by atoms with Crippen LogP contribution in [0.5, 0.6) is 0 Å². The zero-order chi connectivity index (χ0) is 16.0. The molecule has 0 saturated heterocycles. The van der Waals surface area contributed by atoms with Gasteiger partial charge in [0.15, 0.2) is 0 Å². The molecule has 1 aromatic rings. The molecule has 2 amide bonds. The second-order valence-electron chi connectivity index (χ2n) is 4.83. The Bertz CT molecular complexity index is 487. The number of rotatable bonds is 5. The number of carbonyl (C=O) groups excluding carboxylic acids is 2. The normalized spacial score (nSPS) is 12.6. The van der Waals surface area contributed by atoms with E-state index in [1.807, 2.05) is 0 Å². The molecule has 0 radical (unpaired) electrons. The predicted molar refractivity (Wildman–Crippen MR) is 71.4 cm³/mol. The molecule has 0 bridgehead atoms. The SMILES string of the molecule is CN(C)C(=O)[C@H](Cc1ccccc1)NC(=O)CC(F)(F)F. The van der Waals surface area contributed by atoms with Gasteiger partial charge in [0.05, 0.1) is 0 Å². The second kappa shape index (κ2) is 7.10. The maximum absolute atomic E-state index is 12.2. The lowest BCUT2D eigenvalue weighted by Gasteiger charge is -2.22. The van der Waals surface area contributed by atoms with Crippen molar-refractivity contribution >= 4 is 11.8 Å². The van der Waals surface area contributed by atoms with E-state index in [2.05, 4.69) is 5.32 Å². The van der Waals surface area contributed by atoms with Gasteiger partial charge in [-0.15, -0.1) is 0 Å². The molecule has 0 fully saturated rings. The maximum atomic E-state index is 12.2. The van der Waals surface area contributed by atoms with E-state index in [4.69, 9.17) is 0 Å². The average molecular weight is 302 g/mol. The summed E-state index contributed by atoms with van der Waals surface area (Å²) in [5.74, 6) is -1.66. The lowest BCUT2D eigenvalue weighted by Crippen LogP contribution is -2.48. The molecule has 1 atom stereocenters. The molecule has 0 aliphatic carbocycles. The lowest BCUT2D eigenvalue weighted by atomic mass is 10.0. The van der Waals surface area contributed by atoms with Gasteiger partial charge in [-0.2, -0.15) is 13.2 Å². The molecule has 1 N–H and O–H groups in total. The third kappa shape index (κ3) is 6.29. The highest BCUT2D eigenvalue weighted by Gasteiger charge is 2.33. The number of nitrogens with one attached hydrogen (secondary N) is 1. The highest BCUT2D eigenvalue weighted by atomic mass is 19.4. The molecule has 0 aromatic heterocycles. The molecular weight excluding hydrogens is 285 g/mol. The van der Waals surface area contributed by atoms with Crippen molar-refractivity contribution in [2.75, 3.05) is 14.1 Å². The fourth-order valence-electron chi connectivity index (χ4n) is 1.79. The van der Waals surface area contributed by atoms with Gasteiger partial charge in [-0.1, -0.05) is 30.3 Å². The summed E-state index contributed by atoms with van der Waals surface area (Å²) in [6.45, 7) is 0. The van der Waals surface area contributed by atoms with Gasteiger partial charge in [0.1, 0.15) is 12.5 Å². The maximum Gasteiger partial charge on any atom is 0.397 e. The molecule has 21 heavy (non-hydrogen) atoms. The molecule has 0 unspecified atom stereocenters. The molecule has 4 nitrogen and oxygen atoms in total. The Balaban J connectivity index is 2.78. The number of hydrogen-bond donors (Lipinski definition) is 1. The summed E-state index contributed by atoms with van der Waals surface area (Å²) >= 11 is 0. The van der Waals surface area contributed by atoms with Crippen LogP contribution in [0.25, 0.3) is 0 Å². The van der Waals surface area contributed by atoms with Crippen LogP contribution in [-0.2, 0) is 16.0 Å². The molecule has 1 aromatic carbocycles. The summed E-state index contributed by atoms with van der Waals surface area (Å²) in [7, 11) is 2.96. The summed E-state index contributed by atoms with van der Waals surface area (Å²) in [6, 6.07) is 7.76. The van der Waals surface area contributed by atoms with Crippen LogP contribution in [0.2, 0.25) is 0 Å². The highest BCUT2D eigenvalue weighted by molar-refractivity contribution is 5.87. The van der Waals surface area contributed by atoms with Gasteiger partial charge in [-0.05, 0) is 5.56 Å². The molecule has 0 aliphatic heterocycles. The monoisotopic (exact) mass is 302 g/mol. The predicted octanol–water partition coefficient (Wildman–Crippen LogP) is 1.75. The van der Waals surface area contributed by atoms with Gasteiger partial charge < -0.3 is 10.2 Å². The zero-order valence-corrected chi connectivity index (χ0v) is 11.8. The van der Waals surface area contributed by atoms with E-state index in [1.54, 1.807) is 30.3 Å². The fourth-order valence-corrected chi connectivity index (χ4v) is 1.79. The van der Waals surface area contributed by atoms with E-state index in [1.165, 1.54) is 19.0 Å². The second-order valence-corrected chi connectivity index (χ2v) is 4.83. The van der Waals surface area contributed by atoms with Crippen LogP contribution in [0.15, 0.2) is 30.3 Å². The minimum Gasteiger partial charge on any atom is -0.347 e. The van der Waals surface area contributed by atoms with Gasteiger partial charge in [0.2, 0.25) is 11.8 Å². The number of hydrogen-bond acceptors (Lipinski definition) is 2. The van der Waals surface area contributed by atoms with Crippen LogP contribution in [0.1, 0.15) is 12.0 Å². The van der Waals surface area contributed by atoms with Crippen molar-refractivity contribution in [2.24, 2.45) is 0 Å². The summed E-state index contributed by atoms with van der Waals surface area (Å²) in [5, 5.41) is 2.15. The standard InChI is InChI=1S/C14H17F3N2O2/c1-19(2)13(21)11(8-10-6-4-3-5-7-10)18-12(20)9-14(15,16)17/h3-7,11H,8-9H2,1-2H3,(H,18,20)/t11-/m0/s1. The van der Waals surface area contributed by atoms with E-state index >= 15 is 0 Å². The number of likely N-dealkylation sites (N-methyl/N-ethyl adjacent to an activating group) is 1. The van der Waals surface area contributed by atoms with Crippen LogP contribution in [0, 0.1) is 0 Å². The lowest BCUT2D eigenvalue weighted by molar-refractivity contribution is -0.155. The molecule has 7 heteroatoms. The van der Waals surface area contributed by atoms with Crippen molar-refractivity contribution < 1.29 is 22.8 Å². The van der Waals surface area contributed by atoms with Crippen LogP contribution < -0.4 is 5.32 Å². The van der Waals surface area contributed by atoms with E-state index in [-0.39, 0.29) is 6.42 Å². The van der Waals surface area contributed by atoms with E-state index in [9.17, 15) is 22.8 Å². The van der Waals surface area contributed by atoms with Crippen LogP contribution >= 0.6 is 0 Å². The summed E-state index contributed by atoms with van der Waals surface area (Å²) in [6.07, 6.45) is -6.05. The molecule has 0 heterocycles. The minimum atomic E-state index is -4.59. The number of nitrogens with zero attached hydrogens (tertiary/aromatic N) is 1. The summed E-state index contributed by atoms with van der Waals surface area (Å²) in [4.78, 5) is 24.6. The molecule has 116 valence electrons. The molecule has 0 spiro atoms. The Morgan fingerprint density at radius 1 is 1.19 bits per heavy atom. The topological polar surface area (TPSA) is 49.4 Å². The first-order chi connectivity index (χ1) is 9.69. The molecule has 1 rings (SSSR count). The van der Waals surface area contributed by atoms with Crippen LogP contribution in [0.3, 0.4) is 0 Å². The zero-order valence-electron chi connectivity index (χ0n) is 11.8. The van der Waals surface area contributed by atoms with Gasteiger partial charge in [0.25, 0.3) is 0 Å². The first kappa shape index (κ1) is 17.0. The number of alkyl halides is 3. The van der Waals surface area contributed by atoms with Gasteiger partial charge in [-0.3, -0.25) is 9.59 Å². The van der Waals surface area contributed by atoms with Crippen molar-refractivity contribution in [2.45, 2.75) is 25.1 Å². The highest BCUT2D eigenvalue weighted by Crippen LogP contribution is 2.19. The Morgan fingerprint density at radius 3 is 2.24 bits per heavy atom. The molecular formula is C14H17F3N2O2. The van der Waals surface area contributed by atoms with Crippen molar-refractivity contribution in [1.29, 1.82) is 0 Å². The first-order valence-electron chi connectivity index (χ1n) is 6.30. The van der Waals surface area contributed by atoms with E-state index in [0.29, 0.717) is 0 Å². The van der Waals surface area contributed by atoms with Crippen molar-refractivity contribution in [3.8, 4) is 0 Å². The van der Waals surface area contributed by atoms with Crippen molar-refractivity contribution in [3.63, 3.8) is 0 Å². The summed E-state index contributed by atoms with van der Waals surface area (Å²) < 4.78 is 36.6. The number of amides is 2. The Morgan fingerprint density at radius 2 is 1.76 bits per heavy atom. The van der Waals surface area contributed by atoms with E-state index < -0.39 is 30.5 Å². The number of halogens is 3. The minimum absolute atomic E-state index is 0.140. The Hall–Kier alpha value is -2.05. The fraction of sp³-hybridized carbons (Fsp3) is 0.429. The quantitative estimate of drug-likeness (QED) is 0.901. The van der Waals surface area contributed by atoms with Gasteiger partial charge in [0, 0.05) is 20.5 Å². The smallest absolute Gasteiger partial charge is 0.347 e. The number of carbonyl (C=O) groups is 2. The molecule has 0 saturated carbocycles. The third-order valence-electron chi connectivity index (χ3n) is 2.72. The third-order valence-corrected chi connectivity index (χ3v) is 2.72. The van der Waals surface area contributed by atoms with Crippen LogP contribution in [0.4, 0.5) is 13.2 Å². The average Bonchev–Trinajstić information content (AvgIpc) is 2.36. The number of benzene rings is 1. The van der Waals surface area contributed by atoms with Crippen LogP contribution in [-0.4, -0.2) is 43.0 Å². The Kier molecular flexibility index (Phi) is 5.75. The van der Waals surface area contributed by atoms with Crippen molar-refractivity contribution in [1.82, 2.24) is 10.2 Å². The first-order valence-corrected chi connectivity index (χ1v) is 6.30. The van der Waals surface area contributed by atoms with Gasteiger partial charge >= 0.3 is 6.18 Å². The van der Waals surface area contributed by atoms with E-state index in [0.717, 1.165) is 5.56 Å². The van der Waals surface area contributed by atoms with Gasteiger partial charge in [-0.25, -0.2) is 0 Å². The summed E-state index contributed by atoms with van der Waals surface area (Å²) in [5.41, 5.74) is 0.755. The largest absolute Gasteiger partial charge is 0.397 e. The van der Waals surface area contributed by atoms with Crippen molar-refractivity contribution in [3.05, 3.63) is 35.9 Å².